The fraction of sp³-hybridized carbons (Fsp3) is 0.286. The van der Waals surface area contributed by atoms with Crippen LogP contribution in [0.1, 0.15) is 16.8 Å². The first-order chi connectivity index (χ1) is 10.1. The molecule has 0 aliphatic rings. The molecule has 1 heterocycles. The average molecular weight is 306 g/mol. The summed E-state index contributed by atoms with van der Waals surface area (Å²) in [7, 11) is -0.837. The van der Waals surface area contributed by atoms with Gasteiger partial charge in [-0.3, -0.25) is 9.00 Å². The zero-order chi connectivity index (χ0) is 15.2. The van der Waals surface area contributed by atoms with Crippen LogP contribution < -0.4 is 16.6 Å². The number of fused-ring (bicyclic) bond motifs is 1. The van der Waals surface area contributed by atoms with E-state index >= 15 is 0 Å². The molecule has 21 heavy (non-hydrogen) atoms. The van der Waals surface area contributed by atoms with E-state index in [1.54, 1.807) is 6.26 Å². The minimum absolute atomic E-state index is 0.191. The highest BCUT2D eigenvalue weighted by Gasteiger charge is 2.12. The highest BCUT2D eigenvalue weighted by Crippen LogP contribution is 2.23. The van der Waals surface area contributed by atoms with Crippen molar-refractivity contribution in [3.63, 3.8) is 0 Å². The molecule has 1 unspecified atom stereocenters. The SMILES string of the molecule is CS(=O)CCCNC(=O)c1cnc(NN)c2ccccc12. The van der Waals surface area contributed by atoms with Crippen LogP contribution in [0.5, 0.6) is 0 Å². The number of nitrogens with two attached hydrogens (primary N) is 1. The molecule has 7 heteroatoms. The average Bonchev–Trinajstić information content (AvgIpc) is 2.50. The van der Waals surface area contributed by atoms with Gasteiger partial charge in [0.05, 0.1) is 5.56 Å². The van der Waals surface area contributed by atoms with Crippen LogP contribution in [0.2, 0.25) is 0 Å². The smallest absolute Gasteiger partial charge is 0.253 e. The van der Waals surface area contributed by atoms with Crippen LogP contribution in [-0.4, -0.2) is 33.7 Å². The Kier molecular flexibility index (Phi) is 5.24. The van der Waals surface area contributed by atoms with E-state index in [1.807, 2.05) is 24.3 Å². The van der Waals surface area contributed by atoms with Gasteiger partial charge >= 0.3 is 0 Å². The predicted octanol–water partition coefficient (Wildman–Crippen LogP) is 1.02. The molecule has 1 amide bonds. The van der Waals surface area contributed by atoms with Crippen molar-refractivity contribution in [2.24, 2.45) is 5.84 Å². The normalized spacial score (nSPS) is 12.1. The van der Waals surface area contributed by atoms with Crippen molar-refractivity contribution in [1.82, 2.24) is 10.3 Å². The number of nitrogen functional groups attached to an aromatic ring is 1. The molecule has 0 fully saturated rings. The Labute approximate surface area is 125 Å². The van der Waals surface area contributed by atoms with Gasteiger partial charge in [-0.1, -0.05) is 24.3 Å². The lowest BCUT2D eigenvalue weighted by Crippen LogP contribution is -2.26. The molecule has 2 rings (SSSR count). The fourth-order valence-electron chi connectivity index (χ4n) is 2.06. The van der Waals surface area contributed by atoms with Crippen molar-refractivity contribution in [3.8, 4) is 0 Å². The number of amides is 1. The molecular weight excluding hydrogens is 288 g/mol. The summed E-state index contributed by atoms with van der Waals surface area (Å²) in [6.45, 7) is 0.490. The first-order valence-corrected chi connectivity index (χ1v) is 8.28. The zero-order valence-corrected chi connectivity index (χ0v) is 12.6. The highest BCUT2D eigenvalue weighted by atomic mass is 32.2. The van der Waals surface area contributed by atoms with Gasteiger partial charge in [0.1, 0.15) is 5.82 Å². The first kappa shape index (κ1) is 15.4. The van der Waals surface area contributed by atoms with E-state index in [1.165, 1.54) is 6.20 Å². The van der Waals surface area contributed by atoms with E-state index in [4.69, 9.17) is 5.84 Å². The van der Waals surface area contributed by atoms with E-state index in [2.05, 4.69) is 15.7 Å². The third kappa shape index (κ3) is 3.77. The summed E-state index contributed by atoms with van der Waals surface area (Å²) in [5.74, 6) is 6.35. The number of aromatic nitrogens is 1. The number of hydrazine groups is 1. The van der Waals surface area contributed by atoms with Crippen molar-refractivity contribution in [2.45, 2.75) is 6.42 Å². The molecule has 0 saturated heterocycles. The van der Waals surface area contributed by atoms with Gasteiger partial charge in [0.25, 0.3) is 5.91 Å². The number of anilines is 1. The third-order valence-electron chi connectivity index (χ3n) is 3.07. The van der Waals surface area contributed by atoms with Crippen LogP contribution in [0.15, 0.2) is 30.5 Å². The number of rotatable bonds is 6. The van der Waals surface area contributed by atoms with Gasteiger partial charge in [-0.25, -0.2) is 10.8 Å². The molecule has 0 aliphatic carbocycles. The van der Waals surface area contributed by atoms with Gasteiger partial charge in [0, 0.05) is 40.9 Å². The maximum Gasteiger partial charge on any atom is 0.253 e. The lowest BCUT2D eigenvalue weighted by Gasteiger charge is -2.10. The second-order valence-electron chi connectivity index (χ2n) is 4.60. The van der Waals surface area contributed by atoms with Crippen molar-refractivity contribution in [1.29, 1.82) is 0 Å². The molecular formula is C14H18N4O2S. The molecule has 4 N–H and O–H groups in total. The molecule has 1 aromatic carbocycles. The number of pyridine rings is 1. The van der Waals surface area contributed by atoms with Gasteiger partial charge in [0.15, 0.2) is 0 Å². The van der Waals surface area contributed by atoms with Crippen LogP contribution in [0.25, 0.3) is 10.8 Å². The third-order valence-corrected chi connectivity index (χ3v) is 3.93. The van der Waals surface area contributed by atoms with Gasteiger partial charge in [-0.05, 0) is 11.8 Å². The Morgan fingerprint density at radius 2 is 2.05 bits per heavy atom. The maximum atomic E-state index is 12.2. The van der Waals surface area contributed by atoms with Crippen molar-refractivity contribution in [3.05, 3.63) is 36.0 Å². The summed E-state index contributed by atoms with van der Waals surface area (Å²) in [5.41, 5.74) is 3.03. The van der Waals surface area contributed by atoms with Crippen LogP contribution in [-0.2, 0) is 10.8 Å². The minimum atomic E-state index is -0.837. The summed E-state index contributed by atoms with van der Waals surface area (Å²) in [4.78, 5) is 16.4. The molecule has 0 bridgehead atoms. The summed E-state index contributed by atoms with van der Waals surface area (Å²) in [5, 5.41) is 4.40. The predicted molar refractivity (Wildman–Crippen MR) is 85.4 cm³/mol. The number of nitrogens with zero attached hydrogens (tertiary/aromatic N) is 1. The Hall–Kier alpha value is -1.99. The van der Waals surface area contributed by atoms with Crippen LogP contribution >= 0.6 is 0 Å². The highest BCUT2D eigenvalue weighted by molar-refractivity contribution is 7.84. The summed E-state index contributed by atoms with van der Waals surface area (Å²) in [6, 6.07) is 7.44. The Morgan fingerprint density at radius 1 is 1.33 bits per heavy atom. The quantitative estimate of drug-likeness (QED) is 0.420. The Balaban J connectivity index is 2.18. The first-order valence-electron chi connectivity index (χ1n) is 6.56. The second-order valence-corrected chi connectivity index (χ2v) is 6.15. The fourth-order valence-corrected chi connectivity index (χ4v) is 2.61. The zero-order valence-electron chi connectivity index (χ0n) is 11.8. The molecule has 1 atom stereocenters. The number of nitrogens with one attached hydrogen (secondary N) is 2. The molecule has 0 saturated carbocycles. The van der Waals surface area contributed by atoms with E-state index in [0.717, 1.165) is 10.8 Å². The van der Waals surface area contributed by atoms with Gasteiger partial charge < -0.3 is 10.7 Å². The van der Waals surface area contributed by atoms with Crippen molar-refractivity contribution in [2.75, 3.05) is 24.0 Å². The summed E-state index contributed by atoms with van der Waals surface area (Å²) < 4.78 is 11.0. The van der Waals surface area contributed by atoms with Crippen LogP contribution in [0.4, 0.5) is 5.82 Å². The van der Waals surface area contributed by atoms with E-state index in [-0.39, 0.29) is 5.91 Å². The van der Waals surface area contributed by atoms with E-state index < -0.39 is 10.8 Å². The molecule has 112 valence electrons. The standard InChI is InChI=1S/C14H18N4O2S/c1-21(20)8-4-7-16-14(19)12-9-17-13(18-15)11-6-3-2-5-10(11)12/h2-3,5-6,9H,4,7-8,15H2,1H3,(H,16,19)(H,17,18). The van der Waals surface area contributed by atoms with Crippen LogP contribution in [0.3, 0.4) is 0 Å². The van der Waals surface area contributed by atoms with Gasteiger partial charge in [-0.15, -0.1) is 0 Å². The number of carbonyl (C=O) groups excluding carboxylic acids is 1. The molecule has 0 spiro atoms. The molecule has 2 aromatic rings. The molecule has 6 nitrogen and oxygen atoms in total. The number of hydrogen-bond donors (Lipinski definition) is 3. The molecule has 1 aromatic heterocycles. The minimum Gasteiger partial charge on any atom is -0.352 e. The summed E-state index contributed by atoms with van der Waals surface area (Å²) >= 11 is 0. The van der Waals surface area contributed by atoms with Crippen molar-refractivity contribution < 1.29 is 9.00 Å². The number of hydrogen-bond acceptors (Lipinski definition) is 5. The van der Waals surface area contributed by atoms with E-state index in [0.29, 0.717) is 30.1 Å². The number of carbonyl (C=O) groups is 1. The monoisotopic (exact) mass is 306 g/mol. The van der Waals surface area contributed by atoms with Crippen LogP contribution in [0, 0.1) is 0 Å². The Bertz CT molecular complexity index is 675. The lowest BCUT2D eigenvalue weighted by atomic mass is 10.1. The van der Waals surface area contributed by atoms with Gasteiger partial charge in [-0.2, -0.15) is 0 Å². The number of benzene rings is 1. The summed E-state index contributed by atoms with van der Waals surface area (Å²) in [6.07, 6.45) is 3.84. The molecule has 0 aliphatic heterocycles. The second kappa shape index (κ2) is 7.14. The Morgan fingerprint density at radius 3 is 2.71 bits per heavy atom. The maximum absolute atomic E-state index is 12.2. The van der Waals surface area contributed by atoms with E-state index in [9.17, 15) is 9.00 Å². The van der Waals surface area contributed by atoms with Crippen molar-refractivity contribution >= 4 is 33.3 Å². The molecule has 0 radical (unpaired) electrons. The largest absolute Gasteiger partial charge is 0.352 e. The van der Waals surface area contributed by atoms with Gasteiger partial charge in [0.2, 0.25) is 0 Å². The lowest BCUT2D eigenvalue weighted by molar-refractivity contribution is 0.0955. The topological polar surface area (TPSA) is 97.1 Å².